The van der Waals surface area contributed by atoms with Crippen molar-refractivity contribution < 1.29 is 0 Å². The highest BCUT2D eigenvalue weighted by Gasteiger charge is 2.25. The number of nitrogens with zero attached hydrogens (tertiary/aromatic N) is 2. The molecular formula is C48H27N3S. The van der Waals surface area contributed by atoms with Gasteiger partial charge in [-0.15, -0.1) is 11.3 Å². The van der Waals surface area contributed by atoms with Crippen LogP contribution in [0.4, 0.5) is 0 Å². The number of aromatic amines is 1. The molecule has 0 atom stereocenters. The average molecular weight is 678 g/mol. The van der Waals surface area contributed by atoms with E-state index in [2.05, 4.69) is 172 Å². The summed E-state index contributed by atoms with van der Waals surface area (Å²) in [4.78, 5) is 3.88. The quantitative estimate of drug-likeness (QED) is 0.176. The molecule has 0 saturated heterocycles. The number of hydrogen-bond acceptors (Lipinski definition) is 1. The largest absolute Gasteiger partial charge is 0.353 e. The summed E-state index contributed by atoms with van der Waals surface area (Å²) in [6.07, 6.45) is 0. The van der Waals surface area contributed by atoms with Crippen LogP contribution in [0.25, 0.3) is 119 Å². The lowest BCUT2D eigenvalue weighted by atomic mass is 9.98. The summed E-state index contributed by atoms with van der Waals surface area (Å²) in [7, 11) is 0. The highest BCUT2D eigenvalue weighted by molar-refractivity contribution is 7.26. The minimum absolute atomic E-state index is 1.17. The molecule has 4 aromatic heterocycles. The van der Waals surface area contributed by atoms with Gasteiger partial charge in [0.05, 0.1) is 32.3 Å². The van der Waals surface area contributed by atoms with E-state index in [1.165, 1.54) is 119 Å². The lowest BCUT2D eigenvalue weighted by Gasteiger charge is -2.11. The number of hydrogen-bond donors (Lipinski definition) is 1. The number of para-hydroxylation sites is 3. The molecule has 0 aliphatic carbocycles. The molecule has 4 heteroatoms. The summed E-state index contributed by atoms with van der Waals surface area (Å²) in [6.45, 7) is 0. The predicted molar refractivity (Wildman–Crippen MR) is 224 cm³/mol. The zero-order chi connectivity index (χ0) is 33.7. The van der Waals surface area contributed by atoms with E-state index in [1.54, 1.807) is 0 Å². The van der Waals surface area contributed by atoms with Crippen LogP contribution in [0.5, 0.6) is 0 Å². The first-order chi connectivity index (χ1) is 25.8. The first kappa shape index (κ1) is 27.1. The molecule has 1 N–H and O–H groups in total. The van der Waals surface area contributed by atoms with Gasteiger partial charge >= 0.3 is 0 Å². The second-order valence-electron chi connectivity index (χ2n) is 14.2. The van der Waals surface area contributed by atoms with Gasteiger partial charge in [-0.3, -0.25) is 0 Å². The van der Waals surface area contributed by atoms with E-state index < -0.39 is 0 Å². The van der Waals surface area contributed by atoms with Crippen molar-refractivity contribution in [3.63, 3.8) is 0 Å². The number of aromatic nitrogens is 3. The Bertz CT molecular complexity index is 3590. The van der Waals surface area contributed by atoms with Gasteiger partial charge in [0.2, 0.25) is 0 Å². The van der Waals surface area contributed by atoms with Gasteiger partial charge in [-0.1, -0.05) is 97.1 Å². The Kier molecular flexibility index (Phi) is 5.00. The van der Waals surface area contributed by atoms with Crippen LogP contribution < -0.4 is 0 Å². The first-order valence-electron chi connectivity index (χ1n) is 17.9. The van der Waals surface area contributed by atoms with E-state index >= 15 is 0 Å². The van der Waals surface area contributed by atoms with Gasteiger partial charge in [-0.05, 0) is 82.2 Å². The van der Waals surface area contributed by atoms with Crippen LogP contribution in [0.3, 0.4) is 0 Å². The highest BCUT2D eigenvalue weighted by Crippen LogP contribution is 2.49. The molecule has 0 amide bonds. The third kappa shape index (κ3) is 3.36. The van der Waals surface area contributed by atoms with Crippen molar-refractivity contribution in [1.82, 2.24) is 14.1 Å². The van der Waals surface area contributed by atoms with Crippen LogP contribution in [-0.2, 0) is 0 Å². The van der Waals surface area contributed by atoms with Gasteiger partial charge in [-0.25, -0.2) is 0 Å². The lowest BCUT2D eigenvalue weighted by Crippen LogP contribution is -1.95. The number of H-pyrrole nitrogens is 1. The fourth-order valence-corrected chi connectivity index (χ4v) is 10.5. The summed E-state index contributed by atoms with van der Waals surface area (Å²) in [6, 6.07) is 58.5. The maximum atomic E-state index is 3.88. The van der Waals surface area contributed by atoms with Crippen molar-refractivity contribution in [3.05, 3.63) is 158 Å². The smallest absolute Gasteiger partial charge is 0.0789 e. The van der Waals surface area contributed by atoms with E-state index in [9.17, 15) is 0 Å². The Morgan fingerprint density at radius 1 is 0.404 bits per heavy atom. The maximum absolute atomic E-state index is 3.88. The van der Waals surface area contributed by atoms with Gasteiger partial charge in [0, 0.05) is 64.7 Å². The van der Waals surface area contributed by atoms with Gasteiger partial charge in [0.1, 0.15) is 0 Å². The summed E-state index contributed by atoms with van der Waals surface area (Å²) >= 11 is 1.92. The molecule has 0 radical (unpaired) electrons. The maximum Gasteiger partial charge on any atom is 0.0789 e. The van der Waals surface area contributed by atoms with Crippen LogP contribution in [0.1, 0.15) is 0 Å². The lowest BCUT2D eigenvalue weighted by molar-refractivity contribution is 1.19. The molecule has 240 valence electrons. The van der Waals surface area contributed by atoms with Crippen LogP contribution in [0.2, 0.25) is 0 Å². The third-order valence-corrected chi connectivity index (χ3v) is 12.7. The molecule has 13 aromatic rings. The Hall–Kier alpha value is -6.62. The number of benzene rings is 9. The monoisotopic (exact) mass is 677 g/mol. The third-order valence-electron chi connectivity index (χ3n) is 11.5. The van der Waals surface area contributed by atoms with E-state index in [0.717, 1.165) is 0 Å². The standard InChI is InChI=1S/C48H27N3S/c1-2-10-28-23-31(20-19-27(28)9-1)51-46-43-29(24-37-33-11-3-6-14-39(33)49-45(37)46)17-18-30-25-38-36-26-32(21-22-42(36)52-48(38)47(51)44(30)43)50-40-15-7-4-12-34(40)35-13-5-8-16-41(35)50/h1-26,49H. The van der Waals surface area contributed by atoms with Crippen molar-refractivity contribution >= 4 is 118 Å². The van der Waals surface area contributed by atoms with Crippen molar-refractivity contribution in [2.24, 2.45) is 0 Å². The van der Waals surface area contributed by atoms with Gasteiger partial charge in [0.15, 0.2) is 0 Å². The van der Waals surface area contributed by atoms with Crippen LogP contribution in [0, 0.1) is 0 Å². The molecule has 4 heterocycles. The summed E-state index contributed by atoms with van der Waals surface area (Å²) in [5.74, 6) is 0. The molecule has 0 saturated carbocycles. The van der Waals surface area contributed by atoms with E-state index in [1.807, 2.05) is 11.3 Å². The van der Waals surface area contributed by atoms with Gasteiger partial charge < -0.3 is 14.1 Å². The van der Waals surface area contributed by atoms with Crippen molar-refractivity contribution in [2.45, 2.75) is 0 Å². The van der Waals surface area contributed by atoms with Crippen molar-refractivity contribution in [1.29, 1.82) is 0 Å². The van der Waals surface area contributed by atoms with E-state index in [-0.39, 0.29) is 0 Å². The molecule has 3 nitrogen and oxygen atoms in total. The van der Waals surface area contributed by atoms with Crippen molar-refractivity contribution in [3.8, 4) is 11.4 Å². The number of rotatable bonds is 2. The van der Waals surface area contributed by atoms with E-state index in [4.69, 9.17) is 0 Å². The number of nitrogens with one attached hydrogen (secondary N) is 1. The average Bonchev–Trinajstić information content (AvgIpc) is 3.95. The second-order valence-corrected chi connectivity index (χ2v) is 15.3. The molecule has 0 unspecified atom stereocenters. The Balaban J connectivity index is 1.21. The zero-order valence-corrected chi connectivity index (χ0v) is 28.6. The zero-order valence-electron chi connectivity index (χ0n) is 27.8. The van der Waals surface area contributed by atoms with Crippen LogP contribution in [0.15, 0.2) is 158 Å². The highest BCUT2D eigenvalue weighted by atomic mass is 32.1. The van der Waals surface area contributed by atoms with E-state index in [0.29, 0.717) is 0 Å². The number of fused-ring (bicyclic) bond motifs is 12. The Morgan fingerprint density at radius 3 is 1.83 bits per heavy atom. The molecule has 13 rings (SSSR count). The second kappa shape index (κ2) is 9.58. The molecule has 0 aliphatic rings. The predicted octanol–water partition coefficient (Wildman–Crippen LogP) is 13.6. The topological polar surface area (TPSA) is 25.6 Å². The SMILES string of the molecule is c1ccc2cc(-n3c4c5[nH]c6ccccc6c5cc5ccc6cc7c8cc(-n9c%10ccccc%10c%10ccccc%109)ccc8sc7c3c6c54)ccc2c1. The number of thiophene rings is 1. The normalized spacial score (nSPS) is 12.6. The van der Waals surface area contributed by atoms with Gasteiger partial charge in [-0.2, -0.15) is 0 Å². The fraction of sp³-hybridized carbons (Fsp3) is 0. The minimum atomic E-state index is 1.17. The minimum Gasteiger partial charge on any atom is -0.353 e. The fourth-order valence-electron chi connectivity index (χ4n) is 9.32. The van der Waals surface area contributed by atoms with Crippen LogP contribution >= 0.6 is 11.3 Å². The first-order valence-corrected chi connectivity index (χ1v) is 18.7. The molecule has 0 spiro atoms. The van der Waals surface area contributed by atoms with Crippen molar-refractivity contribution in [2.75, 3.05) is 0 Å². The summed E-state index contributed by atoms with van der Waals surface area (Å²) in [5, 5.41) is 15.4. The summed E-state index contributed by atoms with van der Waals surface area (Å²) < 4.78 is 7.62. The van der Waals surface area contributed by atoms with Gasteiger partial charge in [0.25, 0.3) is 0 Å². The molecule has 0 bridgehead atoms. The molecule has 9 aromatic carbocycles. The molecular weight excluding hydrogens is 651 g/mol. The molecule has 0 fully saturated rings. The summed E-state index contributed by atoms with van der Waals surface area (Å²) in [5.41, 5.74) is 9.71. The Labute approximate surface area is 300 Å². The molecule has 52 heavy (non-hydrogen) atoms. The Morgan fingerprint density at radius 2 is 1.02 bits per heavy atom. The van der Waals surface area contributed by atoms with Crippen LogP contribution in [-0.4, -0.2) is 14.1 Å². The molecule has 0 aliphatic heterocycles.